The third kappa shape index (κ3) is 5.11. The Morgan fingerprint density at radius 1 is 1.05 bits per heavy atom. The van der Waals surface area contributed by atoms with Crippen molar-refractivity contribution in [2.45, 2.75) is 13.0 Å². The number of hydrogen-bond acceptors (Lipinski definition) is 6. The normalized spacial score (nSPS) is 15.0. The van der Waals surface area contributed by atoms with E-state index >= 15 is 0 Å². The number of carbonyl (C=O) groups is 1. The standard InChI is InChI=1S/C29H23Cl2N3O4S/c1-16-24(27(35)33-18-9-5-4-6-10-18)26(20-13-12-19(37-2)15-22(20)38-3)34-28(36)23(39-29(34)32-16)14-17-8-7-11-21(30)25(17)31/h4-15,26H,1-3H3,(H,33,35)/b23-14-/t26-/m1/s1. The predicted octanol–water partition coefficient (Wildman–Crippen LogP) is 5.20. The van der Waals surface area contributed by atoms with Gasteiger partial charge < -0.3 is 14.8 Å². The Balaban J connectivity index is 1.74. The number of anilines is 1. The van der Waals surface area contributed by atoms with E-state index in [-0.39, 0.29) is 11.5 Å². The average molecular weight is 580 g/mol. The lowest BCUT2D eigenvalue weighted by atomic mass is 9.94. The largest absolute Gasteiger partial charge is 0.497 e. The van der Waals surface area contributed by atoms with Crippen molar-refractivity contribution in [1.82, 2.24) is 4.57 Å². The summed E-state index contributed by atoms with van der Waals surface area (Å²) < 4.78 is 13.0. The molecule has 0 fully saturated rings. The molecule has 10 heteroatoms. The summed E-state index contributed by atoms with van der Waals surface area (Å²) in [6, 6.07) is 18.8. The lowest BCUT2D eigenvalue weighted by molar-refractivity contribution is -0.113. The van der Waals surface area contributed by atoms with Crippen LogP contribution >= 0.6 is 34.5 Å². The van der Waals surface area contributed by atoms with E-state index < -0.39 is 6.04 Å². The van der Waals surface area contributed by atoms with Crippen molar-refractivity contribution in [3.05, 3.63) is 119 Å². The third-order valence-corrected chi connectivity index (χ3v) is 8.12. The molecule has 4 aromatic rings. The summed E-state index contributed by atoms with van der Waals surface area (Å²) in [6.07, 6.45) is 1.68. The van der Waals surface area contributed by atoms with Crippen LogP contribution in [0.5, 0.6) is 11.5 Å². The van der Waals surface area contributed by atoms with Crippen molar-refractivity contribution >= 4 is 52.2 Å². The minimum atomic E-state index is -0.817. The van der Waals surface area contributed by atoms with Gasteiger partial charge >= 0.3 is 0 Å². The molecule has 1 atom stereocenters. The zero-order valence-electron chi connectivity index (χ0n) is 21.2. The number of benzene rings is 3. The first-order valence-electron chi connectivity index (χ1n) is 11.9. The van der Waals surface area contributed by atoms with Crippen LogP contribution in [0.15, 0.2) is 87.8 Å². The minimum Gasteiger partial charge on any atom is -0.497 e. The molecule has 2 heterocycles. The number of nitrogens with one attached hydrogen (secondary N) is 1. The maximum Gasteiger partial charge on any atom is 0.271 e. The summed E-state index contributed by atoms with van der Waals surface area (Å²) in [6.45, 7) is 1.76. The second-order valence-electron chi connectivity index (χ2n) is 8.65. The fraction of sp³-hybridized carbons (Fsp3) is 0.138. The van der Waals surface area contributed by atoms with Gasteiger partial charge in [0.25, 0.3) is 11.5 Å². The van der Waals surface area contributed by atoms with Crippen LogP contribution < -0.4 is 29.7 Å². The second kappa shape index (κ2) is 11.1. The number of rotatable bonds is 6. The van der Waals surface area contributed by atoms with Crippen molar-refractivity contribution in [2.24, 2.45) is 4.99 Å². The second-order valence-corrected chi connectivity index (χ2v) is 10.4. The van der Waals surface area contributed by atoms with Gasteiger partial charge in [-0.3, -0.25) is 14.2 Å². The molecule has 1 N–H and O–H groups in total. The molecule has 1 aromatic heterocycles. The van der Waals surface area contributed by atoms with Crippen LogP contribution in [0.25, 0.3) is 6.08 Å². The van der Waals surface area contributed by atoms with E-state index in [4.69, 9.17) is 32.7 Å². The van der Waals surface area contributed by atoms with E-state index in [2.05, 4.69) is 10.3 Å². The van der Waals surface area contributed by atoms with Crippen LogP contribution in [0.2, 0.25) is 10.0 Å². The number of ether oxygens (including phenoxy) is 2. The smallest absolute Gasteiger partial charge is 0.271 e. The van der Waals surface area contributed by atoms with Crippen LogP contribution in [-0.2, 0) is 4.79 Å². The van der Waals surface area contributed by atoms with Crippen molar-refractivity contribution in [1.29, 1.82) is 0 Å². The molecule has 0 spiro atoms. The van der Waals surface area contributed by atoms with Crippen LogP contribution in [0, 0.1) is 0 Å². The molecule has 5 rings (SSSR count). The summed E-state index contributed by atoms with van der Waals surface area (Å²) in [4.78, 5) is 32.8. The number of halogens is 2. The summed E-state index contributed by atoms with van der Waals surface area (Å²) in [5.74, 6) is 0.665. The number of carbonyl (C=O) groups excluding carboxylic acids is 1. The van der Waals surface area contributed by atoms with Crippen molar-refractivity contribution < 1.29 is 14.3 Å². The van der Waals surface area contributed by atoms with Crippen molar-refractivity contribution in [3.8, 4) is 11.5 Å². The molecular formula is C29H23Cl2N3O4S. The molecule has 0 radical (unpaired) electrons. The Labute approximate surface area is 238 Å². The van der Waals surface area contributed by atoms with Gasteiger partial charge in [-0.05, 0) is 48.9 Å². The Morgan fingerprint density at radius 2 is 1.82 bits per heavy atom. The Morgan fingerprint density at radius 3 is 2.54 bits per heavy atom. The first-order chi connectivity index (χ1) is 18.8. The van der Waals surface area contributed by atoms with Crippen LogP contribution in [0.4, 0.5) is 5.69 Å². The zero-order valence-corrected chi connectivity index (χ0v) is 23.5. The number of amides is 1. The van der Waals surface area contributed by atoms with Crippen molar-refractivity contribution in [3.63, 3.8) is 0 Å². The van der Waals surface area contributed by atoms with Crippen molar-refractivity contribution in [2.75, 3.05) is 19.5 Å². The average Bonchev–Trinajstić information content (AvgIpc) is 3.24. The van der Waals surface area contributed by atoms with Gasteiger partial charge in [0.15, 0.2) is 4.80 Å². The van der Waals surface area contributed by atoms with E-state index in [1.54, 1.807) is 68.6 Å². The number of fused-ring (bicyclic) bond motifs is 1. The molecule has 7 nitrogen and oxygen atoms in total. The first kappa shape index (κ1) is 26.7. The van der Waals surface area contributed by atoms with Gasteiger partial charge in [-0.2, -0.15) is 0 Å². The highest BCUT2D eigenvalue weighted by atomic mass is 35.5. The monoisotopic (exact) mass is 579 g/mol. The van der Waals surface area contributed by atoms with Crippen LogP contribution in [0.1, 0.15) is 24.1 Å². The molecule has 0 saturated heterocycles. The highest BCUT2D eigenvalue weighted by Crippen LogP contribution is 2.37. The highest BCUT2D eigenvalue weighted by Gasteiger charge is 2.34. The number of nitrogens with zero attached hydrogens (tertiary/aromatic N) is 2. The summed E-state index contributed by atoms with van der Waals surface area (Å²) >= 11 is 13.8. The molecule has 1 amide bonds. The van der Waals surface area contributed by atoms with Gasteiger partial charge in [0.05, 0.1) is 40.1 Å². The van der Waals surface area contributed by atoms with Gasteiger partial charge in [0.1, 0.15) is 17.5 Å². The van der Waals surface area contributed by atoms with Gasteiger partial charge in [-0.25, -0.2) is 4.99 Å². The Bertz CT molecular complexity index is 1800. The Kier molecular flexibility index (Phi) is 7.61. The fourth-order valence-corrected chi connectivity index (χ4v) is 5.84. The fourth-order valence-electron chi connectivity index (χ4n) is 4.44. The summed E-state index contributed by atoms with van der Waals surface area (Å²) in [5.41, 5.74) is 2.32. The first-order valence-corrected chi connectivity index (χ1v) is 13.4. The van der Waals surface area contributed by atoms with E-state index in [1.807, 2.05) is 18.2 Å². The lowest BCUT2D eigenvalue weighted by Crippen LogP contribution is -2.40. The summed E-state index contributed by atoms with van der Waals surface area (Å²) in [7, 11) is 3.09. The minimum absolute atomic E-state index is 0.321. The molecule has 39 heavy (non-hydrogen) atoms. The van der Waals surface area contributed by atoms with Gasteiger partial charge in [0.2, 0.25) is 0 Å². The number of allylic oxidation sites excluding steroid dienone is 1. The molecule has 198 valence electrons. The summed E-state index contributed by atoms with van der Waals surface area (Å²) in [5, 5.41) is 3.67. The van der Waals surface area contributed by atoms with Gasteiger partial charge in [0, 0.05) is 17.3 Å². The van der Waals surface area contributed by atoms with E-state index in [1.165, 1.54) is 23.0 Å². The van der Waals surface area contributed by atoms with Crippen LogP contribution in [-0.4, -0.2) is 24.7 Å². The number of methoxy groups -OCH3 is 2. The molecule has 1 aliphatic rings. The highest BCUT2D eigenvalue weighted by molar-refractivity contribution is 7.07. The molecular weight excluding hydrogens is 557 g/mol. The van der Waals surface area contributed by atoms with E-state index in [0.29, 0.717) is 59.0 Å². The maximum atomic E-state index is 13.9. The number of para-hydroxylation sites is 1. The molecule has 0 bridgehead atoms. The molecule has 0 unspecified atom stereocenters. The SMILES string of the molecule is COc1ccc([C@@H]2C(C(=O)Nc3ccccc3)=C(C)N=c3s/c(=C\c4cccc(Cl)c4Cl)c(=O)n32)c(OC)c1. The van der Waals surface area contributed by atoms with E-state index in [9.17, 15) is 9.59 Å². The van der Waals surface area contributed by atoms with Crippen LogP contribution in [0.3, 0.4) is 0 Å². The van der Waals surface area contributed by atoms with Gasteiger partial charge in [-0.1, -0.05) is 64.9 Å². The topological polar surface area (TPSA) is 81.9 Å². The maximum absolute atomic E-state index is 13.9. The quantitative estimate of drug-likeness (QED) is 0.340. The molecule has 3 aromatic carbocycles. The van der Waals surface area contributed by atoms with E-state index in [0.717, 1.165) is 0 Å². The number of thiazole rings is 1. The number of aromatic nitrogens is 1. The van der Waals surface area contributed by atoms with Gasteiger partial charge in [-0.15, -0.1) is 0 Å². The molecule has 1 aliphatic heterocycles. The zero-order chi connectivity index (χ0) is 27.7. The predicted molar refractivity (Wildman–Crippen MR) is 155 cm³/mol. The Hall–Kier alpha value is -3.85. The molecule has 0 saturated carbocycles. The number of hydrogen-bond donors (Lipinski definition) is 1. The lowest BCUT2D eigenvalue weighted by Gasteiger charge is -2.26. The molecule has 0 aliphatic carbocycles. The third-order valence-electron chi connectivity index (χ3n) is 6.30.